The van der Waals surface area contributed by atoms with E-state index in [4.69, 9.17) is 14.3 Å². The first-order chi connectivity index (χ1) is 10.8. The fraction of sp³-hybridized carbons (Fsp3) is 0.389. The van der Waals surface area contributed by atoms with E-state index in [-0.39, 0.29) is 6.42 Å². The van der Waals surface area contributed by atoms with Crippen LogP contribution in [0, 0.1) is 0 Å². The third kappa shape index (κ3) is 3.22. The molecule has 22 heavy (non-hydrogen) atoms. The summed E-state index contributed by atoms with van der Waals surface area (Å²) >= 11 is 0. The topological polar surface area (TPSA) is 59.7 Å². The Labute approximate surface area is 129 Å². The van der Waals surface area contributed by atoms with Crippen LogP contribution in [0.4, 0.5) is 0 Å². The van der Waals surface area contributed by atoms with E-state index in [2.05, 4.69) is 18.2 Å². The summed E-state index contributed by atoms with van der Waals surface area (Å²) in [5, 5.41) is 9.79. The highest BCUT2D eigenvalue weighted by molar-refractivity contribution is 5.83. The van der Waals surface area contributed by atoms with Crippen molar-refractivity contribution in [1.29, 1.82) is 0 Å². The maximum absolute atomic E-state index is 10.5. The van der Waals surface area contributed by atoms with Gasteiger partial charge in [-0.2, -0.15) is 0 Å². The molecule has 1 aromatic heterocycles. The van der Waals surface area contributed by atoms with E-state index in [9.17, 15) is 4.79 Å². The van der Waals surface area contributed by atoms with E-state index in [1.54, 1.807) is 0 Å². The van der Waals surface area contributed by atoms with E-state index in [1.807, 2.05) is 18.2 Å². The Morgan fingerprint density at radius 2 is 2.18 bits per heavy atom. The van der Waals surface area contributed by atoms with E-state index >= 15 is 0 Å². The molecule has 0 amide bonds. The van der Waals surface area contributed by atoms with Crippen molar-refractivity contribution in [2.24, 2.45) is 0 Å². The van der Waals surface area contributed by atoms with Gasteiger partial charge in [0.15, 0.2) is 0 Å². The largest absolute Gasteiger partial charge is 0.481 e. The average molecular weight is 300 g/mol. The number of furan rings is 1. The second kappa shape index (κ2) is 6.79. The molecule has 0 saturated heterocycles. The first-order valence-electron chi connectivity index (χ1n) is 7.70. The zero-order valence-corrected chi connectivity index (χ0v) is 12.5. The van der Waals surface area contributed by atoms with Crippen LogP contribution in [0.3, 0.4) is 0 Å². The fourth-order valence-corrected chi connectivity index (χ4v) is 2.98. The molecule has 0 bridgehead atoms. The number of carbonyl (C=O) groups is 1. The van der Waals surface area contributed by atoms with Gasteiger partial charge in [0.05, 0.1) is 6.61 Å². The summed E-state index contributed by atoms with van der Waals surface area (Å²) < 4.78 is 11.5. The number of allylic oxidation sites excluding steroid dienone is 2. The molecule has 1 aliphatic rings. The number of hydrogen-bond acceptors (Lipinski definition) is 3. The summed E-state index contributed by atoms with van der Waals surface area (Å²) in [7, 11) is 0. The Morgan fingerprint density at radius 3 is 3.05 bits per heavy atom. The van der Waals surface area contributed by atoms with Crippen LogP contribution in [0.1, 0.15) is 42.9 Å². The van der Waals surface area contributed by atoms with Gasteiger partial charge in [0.1, 0.15) is 18.0 Å². The van der Waals surface area contributed by atoms with Crippen molar-refractivity contribution in [2.75, 3.05) is 6.61 Å². The lowest BCUT2D eigenvalue weighted by Crippen LogP contribution is -2.14. The Balaban J connectivity index is 1.67. The number of fused-ring (bicyclic) bond motifs is 3. The second-order valence-electron chi connectivity index (χ2n) is 5.64. The van der Waals surface area contributed by atoms with Crippen molar-refractivity contribution in [3.8, 4) is 0 Å². The standard InChI is InChI=1S/C18H20O4/c19-17(20)10-4-2-1-3-7-13-11-21-12-16-18(13)14-8-5-6-9-15(14)22-16/h1,3,5-6,8-9,13H,2,4,7,10-12H2,(H,19,20)/b3-1-. The maximum atomic E-state index is 10.5. The number of para-hydroxylation sites is 1. The van der Waals surface area contributed by atoms with Gasteiger partial charge in [-0.05, 0) is 25.3 Å². The molecule has 0 saturated carbocycles. The number of rotatable bonds is 6. The van der Waals surface area contributed by atoms with Crippen LogP contribution < -0.4 is 0 Å². The quantitative estimate of drug-likeness (QED) is 0.640. The van der Waals surface area contributed by atoms with Crippen LogP contribution in [0.5, 0.6) is 0 Å². The molecule has 4 nitrogen and oxygen atoms in total. The zero-order valence-electron chi connectivity index (χ0n) is 12.5. The Kier molecular flexibility index (Phi) is 4.59. The lowest BCUT2D eigenvalue weighted by atomic mass is 9.92. The van der Waals surface area contributed by atoms with Crippen LogP contribution in [0.15, 0.2) is 40.8 Å². The minimum Gasteiger partial charge on any atom is -0.481 e. The van der Waals surface area contributed by atoms with Crippen LogP contribution in [0.2, 0.25) is 0 Å². The Hall–Kier alpha value is -2.07. The molecule has 0 radical (unpaired) electrons. The molecule has 0 spiro atoms. The number of carboxylic acid groups (broad SMARTS) is 1. The predicted octanol–water partition coefficient (Wildman–Crippen LogP) is 4.25. The van der Waals surface area contributed by atoms with Crippen molar-refractivity contribution in [3.05, 3.63) is 47.7 Å². The molecule has 0 fully saturated rings. The average Bonchev–Trinajstić information content (AvgIpc) is 2.89. The second-order valence-corrected chi connectivity index (χ2v) is 5.64. The van der Waals surface area contributed by atoms with Gasteiger partial charge in [-0.1, -0.05) is 30.4 Å². The van der Waals surface area contributed by atoms with Gasteiger partial charge in [-0.25, -0.2) is 0 Å². The lowest BCUT2D eigenvalue weighted by Gasteiger charge is -2.21. The van der Waals surface area contributed by atoms with Crippen LogP contribution in [0.25, 0.3) is 11.0 Å². The van der Waals surface area contributed by atoms with Gasteiger partial charge in [0.25, 0.3) is 0 Å². The summed E-state index contributed by atoms with van der Waals surface area (Å²) in [6.07, 6.45) is 6.81. The van der Waals surface area contributed by atoms with Gasteiger partial charge in [-0.15, -0.1) is 0 Å². The molecule has 1 unspecified atom stereocenters. The van der Waals surface area contributed by atoms with E-state index in [0.717, 1.165) is 24.2 Å². The summed E-state index contributed by atoms with van der Waals surface area (Å²) in [5.74, 6) is 0.517. The maximum Gasteiger partial charge on any atom is 0.303 e. The highest BCUT2D eigenvalue weighted by atomic mass is 16.5. The SMILES string of the molecule is O=C(O)CCC/C=C\CC1COCc2oc3ccccc3c21. The van der Waals surface area contributed by atoms with Gasteiger partial charge in [0.2, 0.25) is 0 Å². The van der Waals surface area contributed by atoms with Gasteiger partial charge >= 0.3 is 5.97 Å². The fourth-order valence-electron chi connectivity index (χ4n) is 2.98. The summed E-state index contributed by atoms with van der Waals surface area (Å²) in [4.78, 5) is 10.5. The molecule has 4 heteroatoms. The first-order valence-corrected chi connectivity index (χ1v) is 7.70. The Bertz CT molecular complexity index is 683. The smallest absolute Gasteiger partial charge is 0.303 e. The third-order valence-corrected chi connectivity index (χ3v) is 4.02. The molecule has 1 aromatic carbocycles. The van der Waals surface area contributed by atoms with E-state index in [1.165, 1.54) is 10.9 Å². The molecular weight excluding hydrogens is 280 g/mol. The summed E-state index contributed by atoms with van der Waals surface area (Å²) in [6.45, 7) is 1.25. The normalized spacial score (nSPS) is 17.9. The molecule has 2 heterocycles. The van der Waals surface area contributed by atoms with E-state index < -0.39 is 5.97 Å². The predicted molar refractivity (Wildman–Crippen MR) is 83.9 cm³/mol. The van der Waals surface area contributed by atoms with Crippen molar-refractivity contribution < 1.29 is 19.1 Å². The molecule has 0 aliphatic carbocycles. The Morgan fingerprint density at radius 1 is 1.32 bits per heavy atom. The molecule has 2 aromatic rings. The number of aliphatic carboxylic acids is 1. The van der Waals surface area contributed by atoms with Crippen molar-refractivity contribution in [3.63, 3.8) is 0 Å². The van der Waals surface area contributed by atoms with Crippen molar-refractivity contribution >= 4 is 16.9 Å². The zero-order chi connectivity index (χ0) is 15.4. The van der Waals surface area contributed by atoms with Crippen LogP contribution >= 0.6 is 0 Å². The van der Waals surface area contributed by atoms with Gasteiger partial charge < -0.3 is 14.3 Å². The number of unbranched alkanes of at least 4 members (excludes halogenated alkanes) is 1. The highest BCUT2D eigenvalue weighted by Crippen LogP contribution is 2.37. The molecule has 1 aliphatic heterocycles. The van der Waals surface area contributed by atoms with Crippen LogP contribution in [-0.2, 0) is 16.1 Å². The number of carboxylic acids is 1. The molecule has 1 atom stereocenters. The summed E-state index contributed by atoms with van der Waals surface area (Å²) in [6, 6.07) is 8.11. The van der Waals surface area contributed by atoms with Gasteiger partial charge in [0, 0.05) is 23.3 Å². The molecule has 3 rings (SSSR count). The minimum atomic E-state index is -0.733. The third-order valence-electron chi connectivity index (χ3n) is 4.02. The van der Waals surface area contributed by atoms with Crippen molar-refractivity contribution in [1.82, 2.24) is 0 Å². The monoisotopic (exact) mass is 300 g/mol. The molecular formula is C18H20O4. The first kappa shape index (κ1) is 14.9. The highest BCUT2D eigenvalue weighted by Gasteiger charge is 2.25. The van der Waals surface area contributed by atoms with Gasteiger partial charge in [-0.3, -0.25) is 4.79 Å². The number of hydrogen-bond donors (Lipinski definition) is 1. The molecule has 1 N–H and O–H groups in total. The minimum absolute atomic E-state index is 0.230. The van der Waals surface area contributed by atoms with Crippen molar-refractivity contribution in [2.45, 2.75) is 38.2 Å². The van der Waals surface area contributed by atoms with Crippen LogP contribution in [-0.4, -0.2) is 17.7 Å². The summed E-state index contributed by atoms with van der Waals surface area (Å²) in [5.41, 5.74) is 2.20. The van der Waals surface area contributed by atoms with E-state index in [0.29, 0.717) is 25.6 Å². The lowest BCUT2D eigenvalue weighted by molar-refractivity contribution is -0.137. The number of benzene rings is 1. The molecule has 116 valence electrons. The number of ether oxygens (including phenoxy) is 1.